The Balaban J connectivity index is 1.83. The van der Waals surface area contributed by atoms with Crippen LogP contribution in [0.25, 0.3) is 0 Å². The van der Waals surface area contributed by atoms with Crippen LogP contribution in [0.15, 0.2) is 52.3 Å². The molecule has 0 saturated carbocycles. The van der Waals surface area contributed by atoms with E-state index in [0.717, 1.165) is 5.75 Å². The Morgan fingerprint density at radius 1 is 1.21 bits per heavy atom. The largest absolute Gasteiger partial charge is 0.383 e. The van der Waals surface area contributed by atoms with Crippen LogP contribution in [0, 0.1) is 6.92 Å². The van der Waals surface area contributed by atoms with Gasteiger partial charge in [0.15, 0.2) is 0 Å². The van der Waals surface area contributed by atoms with Gasteiger partial charge in [-0.3, -0.25) is 9.59 Å². The predicted molar refractivity (Wildman–Crippen MR) is 96.8 cm³/mol. The van der Waals surface area contributed by atoms with Crippen molar-refractivity contribution in [1.82, 2.24) is 9.88 Å². The molecule has 24 heavy (non-hydrogen) atoms. The Morgan fingerprint density at radius 2 is 1.96 bits per heavy atom. The van der Waals surface area contributed by atoms with Gasteiger partial charge in [-0.25, -0.2) is 0 Å². The summed E-state index contributed by atoms with van der Waals surface area (Å²) < 4.78 is 6.45. The zero-order chi connectivity index (χ0) is 17.4. The molecule has 0 bridgehead atoms. The number of hydrogen-bond acceptors (Lipinski definition) is 4. The summed E-state index contributed by atoms with van der Waals surface area (Å²) in [7, 11) is 1.58. The van der Waals surface area contributed by atoms with Crippen LogP contribution >= 0.6 is 11.8 Å². The molecule has 128 valence electrons. The van der Waals surface area contributed by atoms with Gasteiger partial charge in [-0.2, -0.15) is 0 Å². The SMILES string of the molecule is COCCn1cc(C(=O)NCCSc2ccc(C)cc2)ccc1=O. The third-order valence-electron chi connectivity index (χ3n) is 3.46. The summed E-state index contributed by atoms with van der Waals surface area (Å²) in [5.41, 5.74) is 1.57. The first-order valence-electron chi connectivity index (χ1n) is 7.77. The van der Waals surface area contributed by atoms with E-state index in [0.29, 0.717) is 25.3 Å². The Morgan fingerprint density at radius 3 is 2.67 bits per heavy atom. The van der Waals surface area contributed by atoms with Crippen LogP contribution in [0.2, 0.25) is 0 Å². The number of amides is 1. The number of nitrogens with one attached hydrogen (secondary N) is 1. The maximum Gasteiger partial charge on any atom is 0.252 e. The van der Waals surface area contributed by atoms with E-state index in [-0.39, 0.29) is 11.5 Å². The minimum Gasteiger partial charge on any atom is -0.383 e. The van der Waals surface area contributed by atoms with Gasteiger partial charge in [-0.05, 0) is 25.1 Å². The minimum atomic E-state index is -0.175. The quantitative estimate of drug-likeness (QED) is 0.589. The summed E-state index contributed by atoms with van der Waals surface area (Å²) in [4.78, 5) is 25.1. The van der Waals surface area contributed by atoms with Gasteiger partial charge in [0.25, 0.3) is 11.5 Å². The van der Waals surface area contributed by atoms with E-state index in [1.807, 2.05) is 0 Å². The average molecular weight is 346 g/mol. The first kappa shape index (κ1) is 18.3. The summed E-state index contributed by atoms with van der Waals surface area (Å²) >= 11 is 1.70. The molecule has 1 amide bonds. The first-order valence-corrected chi connectivity index (χ1v) is 8.76. The number of aryl methyl sites for hydroxylation is 1. The molecule has 6 heteroatoms. The molecule has 2 rings (SSSR count). The van der Waals surface area contributed by atoms with E-state index in [1.165, 1.54) is 21.1 Å². The smallest absolute Gasteiger partial charge is 0.252 e. The second-order valence-corrected chi connectivity index (χ2v) is 6.53. The van der Waals surface area contributed by atoms with Crippen molar-refractivity contribution < 1.29 is 9.53 Å². The number of carbonyl (C=O) groups excluding carboxylic acids is 1. The van der Waals surface area contributed by atoms with Crippen LogP contribution in [-0.2, 0) is 11.3 Å². The Kier molecular flexibility index (Phi) is 7.08. The number of carbonyl (C=O) groups is 1. The molecule has 1 aromatic carbocycles. The molecule has 1 heterocycles. The fourth-order valence-electron chi connectivity index (χ4n) is 2.10. The van der Waals surface area contributed by atoms with E-state index in [1.54, 1.807) is 31.1 Å². The van der Waals surface area contributed by atoms with Gasteiger partial charge < -0.3 is 14.6 Å². The van der Waals surface area contributed by atoms with Gasteiger partial charge in [0.1, 0.15) is 0 Å². The standard InChI is InChI=1S/C18H22N2O3S/c1-14-3-6-16(7-4-14)24-12-9-19-18(22)15-5-8-17(21)20(13-15)10-11-23-2/h3-8,13H,9-12H2,1-2H3,(H,19,22). The highest BCUT2D eigenvalue weighted by molar-refractivity contribution is 7.99. The number of aromatic nitrogens is 1. The zero-order valence-corrected chi connectivity index (χ0v) is 14.8. The molecule has 0 aliphatic heterocycles. The summed E-state index contributed by atoms with van der Waals surface area (Å²) in [6, 6.07) is 11.3. The highest BCUT2D eigenvalue weighted by Gasteiger charge is 2.07. The van der Waals surface area contributed by atoms with E-state index in [2.05, 4.69) is 36.5 Å². The number of thioether (sulfide) groups is 1. The van der Waals surface area contributed by atoms with Crippen molar-refractivity contribution in [3.8, 4) is 0 Å². The van der Waals surface area contributed by atoms with E-state index < -0.39 is 0 Å². The lowest BCUT2D eigenvalue weighted by Gasteiger charge is -2.09. The fourth-order valence-corrected chi connectivity index (χ4v) is 2.87. The second kappa shape index (κ2) is 9.30. The molecule has 0 aliphatic rings. The van der Waals surface area contributed by atoms with Gasteiger partial charge in [-0.1, -0.05) is 17.7 Å². The highest BCUT2D eigenvalue weighted by atomic mass is 32.2. The Bertz CT molecular complexity index is 726. The third-order valence-corrected chi connectivity index (χ3v) is 4.47. The van der Waals surface area contributed by atoms with Crippen molar-refractivity contribution in [3.05, 3.63) is 64.1 Å². The maximum atomic E-state index is 12.2. The number of rotatable bonds is 8. The lowest BCUT2D eigenvalue weighted by Crippen LogP contribution is -2.28. The number of benzene rings is 1. The molecule has 2 aromatic rings. The molecule has 0 atom stereocenters. The normalized spacial score (nSPS) is 10.6. The summed E-state index contributed by atoms with van der Waals surface area (Å²) in [6.45, 7) is 3.48. The molecular weight excluding hydrogens is 324 g/mol. The number of methoxy groups -OCH3 is 1. The van der Waals surface area contributed by atoms with Crippen LogP contribution in [0.3, 0.4) is 0 Å². The molecule has 5 nitrogen and oxygen atoms in total. The first-order chi connectivity index (χ1) is 11.6. The van der Waals surface area contributed by atoms with Crippen molar-refractivity contribution in [3.63, 3.8) is 0 Å². The van der Waals surface area contributed by atoms with Crippen LogP contribution in [0.4, 0.5) is 0 Å². The number of pyridine rings is 1. The van der Waals surface area contributed by atoms with Crippen molar-refractivity contribution in [2.75, 3.05) is 26.0 Å². The van der Waals surface area contributed by atoms with Gasteiger partial charge in [0.05, 0.1) is 12.2 Å². The minimum absolute atomic E-state index is 0.140. The van der Waals surface area contributed by atoms with Gasteiger partial charge in [-0.15, -0.1) is 11.8 Å². The number of nitrogens with zero attached hydrogens (tertiary/aromatic N) is 1. The van der Waals surface area contributed by atoms with E-state index in [9.17, 15) is 9.59 Å². The fraction of sp³-hybridized carbons (Fsp3) is 0.333. The number of ether oxygens (including phenoxy) is 1. The lowest BCUT2D eigenvalue weighted by atomic mass is 10.2. The average Bonchev–Trinajstić information content (AvgIpc) is 2.59. The molecule has 0 spiro atoms. The number of hydrogen-bond donors (Lipinski definition) is 1. The molecule has 1 aromatic heterocycles. The van der Waals surface area contributed by atoms with E-state index in [4.69, 9.17) is 4.74 Å². The van der Waals surface area contributed by atoms with Gasteiger partial charge in [0, 0.05) is 43.1 Å². The highest BCUT2D eigenvalue weighted by Crippen LogP contribution is 2.17. The molecule has 0 saturated heterocycles. The van der Waals surface area contributed by atoms with Gasteiger partial charge in [0.2, 0.25) is 0 Å². The molecule has 1 N–H and O–H groups in total. The van der Waals surface area contributed by atoms with Crippen molar-refractivity contribution >= 4 is 17.7 Å². The molecule has 0 radical (unpaired) electrons. The molecule has 0 fully saturated rings. The van der Waals surface area contributed by atoms with Crippen molar-refractivity contribution in [1.29, 1.82) is 0 Å². The summed E-state index contributed by atoms with van der Waals surface area (Å²) in [5.74, 6) is 0.614. The Hall–Kier alpha value is -2.05. The van der Waals surface area contributed by atoms with Crippen LogP contribution in [0.5, 0.6) is 0 Å². The monoisotopic (exact) mass is 346 g/mol. The predicted octanol–water partition coefficient (Wildman–Crippen LogP) is 2.33. The van der Waals surface area contributed by atoms with E-state index >= 15 is 0 Å². The maximum absolute atomic E-state index is 12.2. The van der Waals surface area contributed by atoms with Crippen LogP contribution in [-0.4, -0.2) is 36.5 Å². The summed E-state index contributed by atoms with van der Waals surface area (Å²) in [6.07, 6.45) is 1.57. The zero-order valence-electron chi connectivity index (χ0n) is 14.0. The molecule has 0 unspecified atom stereocenters. The van der Waals surface area contributed by atoms with Gasteiger partial charge >= 0.3 is 0 Å². The summed E-state index contributed by atoms with van der Waals surface area (Å²) in [5, 5.41) is 2.88. The third kappa shape index (κ3) is 5.54. The second-order valence-electron chi connectivity index (χ2n) is 5.36. The molecule has 0 aliphatic carbocycles. The van der Waals surface area contributed by atoms with Crippen LogP contribution in [0.1, 0.15) is 15.9 Å². The van der Waals surface area contributed by atoms with Crippen molar-refractivity contribution in [2.24, 2.45) is 0 Å². The molecular formula is C18H22N2O3S. The lowest BCUT2D eigenvalue weighted by molar-refractivity contribution is 0.0955. The van der Waals surface area contributed by atoms with Crippen LogP contribution < -0.4 is 10.9 Å². The van der Waals surface area contributed by atoms with Crippen molar-refractivity contribution in [2.45, 2.75) is 18.4 Å². The topological polar surface area (TPSA) is 60.3 Å². The Labute approximate surface area is 146 Å².